The van der Waals surface area contributed by atoms with E-state index < -0.39 is 5.60 Å². The fourth-order valence-corrected chi connectivity index (χ4v) is 3.01. The lowest BCUT2D eigenvalue weighted by atomic mass is 10.1. The first kappa shape index (κ1) is 18.9. The fourth-order valence-electron chi connectivity index (χ4n) is 3.01. The van der Waals surface area contributed by atoms with Gasteiger partial charge in [-0.3, -0.25) is 0 Å². The summed E-state index contributed by atoms with van der Waals surface area (Å²) in [6.07, 6.45) is 3.28. The molecule has 1 saturated heterocycles. The Morgan fingerprint density at radius 3 is 2.26 bits per heavy atom. The summed E-state index contributed by atoms with van der Waals surface area (Å²) >= 11 is 0. The second-order valence-corrected chi connectivity index (χ2v) is 7.43. The predicted molar refractivity (Wildman–Crippen MR) is 104 cm³/mol. The Kier molecular flexibility index (Phi) is 5.48. The molecular weight excluding hydrogens is 344 g/mol. The molecule has 0 N–H and O–H groups in total. The van der Waals surface area contributed by atoms with Crippen LogP contribution in [0.2, 0.25) is 0 Å². The van der Waals surface area contributed by atoms with Crippen LogP contribution in [-0.4, -0.2) is 59.9 Å². The van der Waals surface area contributed by atoms with Crippen LogP contribution < -0.4 is 9.64 Å². The van der Waals surface area contributed by atoms with E-state index in [0.29, 0.717) is 19.1 Å². The van der Waals surface area contributed by atoms with Gasteiger partial charge in [0.2, 0.25) is 0 Å². The average molecular weight is 370 g/mol. The number of hydrogen-bond donors (Lipinski definition) is 0. The number of ether oxygens (including phenoxy) is 2. The van der Waals surface area contributed by atoms with E-state index in [1.165, 1.54) is 0 Å². The van der Waals surface area contributed by atoms with Crippen molar-refractivity contribution in [3.8, 4) is 17.1 Å². The van der Waals surface area contributed by atoms with Gasteiger partial charge in [0.15, 0.2) is 0 Å². The molecule has 1 fully saturated rings. The monoisotopic (exact) mass is 370 g/mol. The highest BCUT2D eigenvalue weighted by Crippen LogP contribution is 2.31. The number of methoxy groups -OCH3 is 1. The van der Waals surface area contributed by atoms with Gasteiger partial charge in [-0.15, -0.1) is 0 Å². The summed E-state index contributed by atoms with van der Waals surface area (Å²) in [7, 11) is 1.55. The normalized spacial score (nSPS) is 14.8. The Balaban J connectivity index is 1.72. The molecule has 0 atom stereocenters. The van der Waals surface area contributed by atoms with Crippen LogP contribution in [0.1, 0.15) is 20.8 Å². The van der Waals surface area contributed by atoms with Gasteiger partial charge in [-0.1, -0.05) is 18.2 Å². The van der Waals surface area contributed by atoms with Crippen molar-refractivity contribution in [3.63, 3.8) is 0 Å². The van der Waals surface area contributed by atoms with Crippen molar-refractivity contribution in [2.24, 2.45) is 0 Å². The smallest absolute Gasteiger partial charge is 0.410 e. The number of nitrogens with zero attached hydrogens (tertiary/aromatic N) is 4. The predicted octanol–water partition coefficient (Wildman–Crippen LogP) is 3.21. The Hall–Kier alpha value is -2.83. The SMILES string of the molecule is COc1ncc(-c2ccccc2N2CCN(C(=O)OC(C)(C)C)CC2)cn1. The summed E-state index contributed by atoms with van der Waals surface area (Å²) in [6.45, 7) is 8.39. The molecule has 0 radical (unpaired) electrons. The van der Waals surface area contributed by atoms with Crippen LogP contribution >= 0.6 is 0 Å². The maximum Gasteiger partial charge on any atom is 0.410 e. The number of para-hydroxylation sites is 1. The Labute approximate surface area is 159 Å². The quantitative estimate of drug-likeness (QED) is 0.826. The third-order valence-corrected chi connectivity index (χ3v) is 4.30. The first-order valence-corrected chi connectivity index (χ1v) is 9.06. The summed E-state index contributed by atoms with van der Waals surface area (Å²) in [4.78, 5) is 24.7. The van der Waals surface area contributed by atoms with Gasteiger partial charge in [0.05, 0.1) is 7.11 Å². The number of aromatic nitrogens is 2. The molecule has 1 aliphatic rings. The molecule has 7 nitrogen and oxygen atoms in total. The Morgan fingerprint density at radius 2 is 1.67 bits per heavy atom. The molecule has 1 aromatic heterocycles. The number of rotatable bonds is 3. The van der Waals surface area contributed by atoms with Gasteiger partial charge in [0.1, 0.15) is 5.60 Å². The molecule has 0 spiro atoms. The van der Waals surface area contributed by atoms with Gasteiger partial charge in [-0.05, 0) is 26.8 Å². The first-order valence-electron chi connectivity index (χ1n) is 9.06. The Morgan fingerprint density at radius 1 is 1.04 bits per heavy atom. The van der Waals surface area contributed by atoms with Crippen molar-refractivity contribution in [1.82, 2.24) is 14.9 Å². The summed E-state index contributed by atoms with van der Waals surface area (Å²) in [5.74, 6) is 0. The van der Waals surface area contributed by atoms with Gasteiger partial charge in [0, 0.05) is 55.4 Å². The summed E-state index contributed by atoms with van der Waals surface area (Å²) in [5, 5.41) is 0. The topological polar surface area (TPSA) is 67.8 Å². The molecule has 0 aliphatic carbocycles. The number of amides is 1. The van der Waals surface area contributed by atoms with Gasteiger partial charge >= 0.3 is 12.1 Å². The molecule has 7 heteroatoms. The largest absolute Gasteiger partial charge is 0.467 e. The lowest BCUT2D eigenvalue weighted by Gasteiger charge is -2.37. The van der Waals surface area contributed by atoms with Crippen LogP contribution in [-0.2, 0) is 4.74 Å². The van der Waals surface area contributed by atoms with Crippen molar-refractivity contribution in [3.05, 3.63) is 36.7 Å². The van der Waals surface area contributed by atoms with Crippen LogP contribution in [0.4, 0.5) is 10.5 Å². The third-order valence-electron chi connectivity index (χ3n) is 4.30. The van der Waals surface area contributed by atoms with Crippen molar-refractivity contribution in [2.45, 2.75) is 26.4 Å². The van der Waals surface area contributed by atoms with E-state index >= 15 is 0 Å². The fraction of sp³-hybridized carbons (Fsp3) is 0.450. The molecule has 2 heterocycles. The molecule has 1 amide bonds. The number of benzene rings is 1. The zero-order chi connectivity index (χ0) is 19.4. The average Bonchev–Trinajstić information content (AvgIpc) is 2.67. The maximum atomic E-state index is 12.3. The second kappa shape index (κ2) is 7.82. The molecule has 1 aromatic carbocycles. The maximum absolute atomic E-state index is 12.3. The lowest BCUT2D eigenvalue weighted by molar-refractivity contribution is 0.0240. The first-order chi connectivity index (χ1) is 12.9. The number of anilines is 1. The standard InChI is InChI=1S/C20H26N4O3/c1-20(2,3)27-19(25)24-11-9-23(10-12-24)17-8-6-5-7-16(17)15-13-21-18(26-4)22-14-15/h5-8,13-14H,9-12H2,1-4H3. The highest BCUT2D eigenvalue weighted by molar-refractivity contribution is 5.78. The third kappa shape index (κ3) is 4.67. The van der Waals surface area contributed by atoms with E-state index in [1.54, 1.807) is 24.4 Å². The number of hydrogen-bond acceptors (Lipinski definition) is 6. The van der Waals surface area contributed by atoms with E-state index in [9.17, 15) is 4.79 Å². The van der Waals surface area contributed by atoms with Gasteiger partial charge in [0.25, 0.3) is 0 Å². The van der Waals surface area contributed by atoms with Gasteiger partial charge in [-0.2, -0.15) is 0 Å². The van der Waals surface area contributed by atoms with Crippen molar-refractivity contribution in [2.75, 3.05) is 38.2 Å². The van der Waals surface area contributed by atoms with E-state index in [0.717, 1.165) is 29.9 Å². The molecule has 144 valence electrons. The van der Waals surface area contributed by atoms with Gasteiger partial charge < -0.3 is 19.3 Å². The molecule has 0 bridgehead atoms. The second-order valence-electron chi connectivity index (χ2n) is 7.43. The lowest BCUT2D eigenvalue weighted by Crippen LogP contribution is -2.50. The molecule has 0 saturated carbocycles. The molecule has 1 aliphatic heterocycles. The highest BCUT2D eigenvalue weighted by atomic mass is 16.6. The van der Waals surface area contributed by atoms with Crippen LogP contribution in [0.5, 0.6) is 6.01 Å². The van der Waals surface area contributed by atoms with Gasteiger partial charge in [-0.25, -0.2) is 14.8 Å². The molecular formula is C20H26N4O3. The van der Waals surface area contributed by atoms with Crippen molar-refractivity contribution in [1.29, 1.82) is 0 Å². The minimum absolute atomic E-state index is 0.251. The minimum Gasteiger partial charge on any atom is -0.467 e. The van der Waals surface area contributed by atoms with Crippen LogP contribution in [0.3, 0.4) is 0 Å². The molecule has 2 aromatic rings. The molecule has 3 rings (SSSR count). The number of piperazine rings is 1. The number of carbonyl (C=O) groups excluding carboxylic acids is 1. The van der Waals surface area contributed by atoms with Crippen molar-refractivity contribution < 1.29 is 14.3 Å². The van der Waals surface area contributed by atoms with Crippen LogP contribution in [0.25, 0.3) is 11.1 Å². The minimum atomic E-state index is -0.477. The zero-order valence-electron chi connectivity index (χ0n) is 16.3. The van der Waals surface area contributed by atoms with E-state index in [1.807, 2.05) is 32.9 Å². The Bertz CT molecular complexity index is 779. The van der Waals surface area contributed by atoms with Crippen LogP contribution in [0.15, 0.2) is 36.7 Å². The number of carbonyl (C=O) groups is 1. The van der Waals surface area contributed by atoms with E-state index in [-0.39, 0.29) is 6.09 Å². The zero-order valence-corrected chi connectivity index (χ0v) is 16.3. The van der Waals surface area contributed by atoms with Crippen molar-refractivity contribution >= 4 is 11.8 Å². The highest BCUT2D eigenvalue weighted by Gasteiger charge is 2.26. The summed E-state index contributed by atoms with van der Waals surface area (Å²) in [5.41, 5.74) is 2.62. The van der Waals surface area contributed by atoms with Crippen LogP contribution in [0, 0.1) is 0 Å². The molecule has 27 heavy (non-hydrogen) atoms. The summed E-state index contributed by atoms with van der Waals surface area (Å²) < 4.78 is 10.5. The summed E-state index contributed by atoms with van der Waals surface area (Å²) in [6, 6.07) is 8.51. The van der Waals surface area contributed by atoms with E-state index in [4.69, 9.17) is 9.47 Å². The molecule has 0 unspecified atom stereocenters. The van der Waals surface area contributed by atoms with E-state index in [2.05, 4.69) is 27.0 Å².